The SMILES string of the molecule is COC(=O)C(O)C(O)c1c2ccccc2cc2ccccc12. The van der Waals surface area contributed by atoms with Crippen LogP contribution in [-0.2, 0) is 9.53 Å². The van der Waals surface area contributed by atoms with Gasteiger partial charge in [0.25, 0.3) is 0 Å². The molecule has 0 aliphatic heterocycles. The van der Waals surface area contributed by atoms with Crippen LogP contribution in [0.15, 0.2) is 54.6 Å². The highest BCUT2D eigenvalue weighted by Gasteiger charge is 2.29. The molecule has 0 aromatic heterocycles. The molecule has 4 nitrogen and oxygen atoms in total. The van der Waals surface area contributed by atoms with Crippen LogP contribution in [0.2, 0.25) is 0 Å². The Labute approximate surface area is 127 Å². The Bertz CT molecular complexity index is 787. The van der Waals surface area contributed by atoms with Gasteiger partial charge in [-0.15, -0.1) is 0 Å². The van der Waals surface area contributed by atoms with Gasteiger partial charge in [-0.25, -0.2) is 4.79 Å². The molecule has 3 rings (SSSR count). The van der Waals surface area contributed by atoms with Crippen molar-refractivity contribution >= 4 is 27.5 Å². The van der Waals surface area contributed by atoms with Gasteiger partial charge in [-0.2, -0.15) is 0 Å². The van der Waals surface area contributed by atoms with E-state index in [1.54, 1.807) is 0 Å². The third-order valence-electron chi connectivity index (χ3n) is 3.85. The lowest BCUT2D eigenvalue weighted by Gasteiger charge is -2.20. The van der Waals surface area contributed by atoms with Crippen molar-refractivity contribution in [2.75, 3.05) is 7.11 Å². The van der Waals surface area contributed by atoms with E-state index in [4.69, 9.17) is 0 Å². The third-order valence-corrected chi connectivity index (χ3v) is 3.85. The van der Waals surface area contributed by atoms with Crippen LogP contribution in [0.25, 0.3) is 21.5 Å². The largest absolute Gasteiger partial charge is 0.467 e. The molecule has 2 atom stereocenters. The number of rotatable bonds is 3. The van der Waals surface area contributed by atoms with Crippen molar-refractivity contribution in [3.05, 3.63) is 60.2 Å². The number of fused-ring (bicyclic) bond motifs is 2. The fourth-order valence-electron chi connectivity index (χ4n) is 2.78. The van der Waals surface area contributed by atoms with Crippen LogP contribution in [0.4, 0.5) is 0 Å². The summed E-state index contributed by atoms with van der Waals surface area (Å²) in [5.41, 5.74) is 0.534. The van der Waals surface area contributed by atoms with Gasteiger partial charge in [0.2, 0.25) is 0 Å². The number of ether oxygens (including phenoxy) is 1. The summed E-state index contributed by atoms with van der Waals surface area (Å²) in [6.07, 6.45) is -2.98. The summed E-state index contributed by atoms with van der Waals surface area (Å²) in [5, 5.41) is 24.0. The number of esters is 1. The zero-order valence-electron chi connectivity index (χ0n) is 12.1. The molecule has 0 aliphatic carbocycles. The first-order valence-corrected chi connectivity index (χ1v) is 6.98. The maximum Gasteiger partial charge on any atom is 0.337 e. The molecule has 0 bridgehead atoms. The Morgan fingerprint density at radius 2 is 1.45 bits per heavy atom. The minimum Gasteiger partial charge on any atom is -0.467 e. The van der Waals surface area contributed by atoms with Gasteiger partial charge >= 0.3 is 5.97 Å². The van der Waals surface area contributed by atoms with Gasteiger partial charge in [-0.1, -0.05) is 48.5 Å². The van der Waals surface area contributed by atoms with Gasteiger partial charge in [0.15, 0.2) is 6.10 Å². The summed E-state index contributed by atoms with van der Waals surface area (Å²) in [6.45, 7) is 0. The van der Waals surface area contributed by atoms with Gasteiger partial charge in [0.1, 0.15) is 6.10 Å². The normalized spacial score (nSPS) is 14.0. The average Bonchev–Trinajstić information content (AvgIpc) is 2.57. The molecule has 0 fully saturated rings. The monoisotopic (exact) mass is 296 g/mol. The van der Waals surface area contributed by atoms with Gasteiger partial charge in [0.05, 0.1) is 7.11 Å². The van der Waals surface area contributed by atoms with E-state index in [1.165, 1.54) is 7.11 Å². The zero-order valence-corrected chi connectivity index (χ0v) is 12.1. The van der Waals surface area contributed by atoms with Gasteiger partial charge in [-0.05, 0) is 33.2 Å². The summed E-state index contributed by atoms with van der Waals surface area (Å²) >= 11 is 0. The molecule has 112 valence electrons. The molecule has 2 unspecified atom stereocenters. The van der Waals surface area contributed by atoms with Crippen LogP contribution >= 0.6 is 0 Å². The van der Waals surface area contributed by atoms with E-state index >= 15 is 0 Å². The number of hydrogen-bond acceptors (Lipinski definition) is 4. The number of carbonyl (C=O) groups excluding carboxylic acids is 1. The fourth-order valence-corrected chi connectivity index (χ4v) is 2.78. The highest BCUT2D eigenvalue weighted by molar-refractivity contribution is 6.03. The topological polar surface area (TPSA) is 66.8 Å². The van der Waals surface area contributed by atoms with Crippen LogP contribution in [0, 0.1) is 0 Å². The van der Waals surface area contributed by atoms with E-state index in [9.17, 15) is 15.0 Å². The molecular formula is C18H16O4. The molecule has 0 saturated carbocycles. The first-order valence-electron chi connectivity index (χ1n) is 6.98. The highest BCUT2D eigenvalue weighted by atomic mass is 16.5. The Hall–Kier alpha value is -2.43. The number of aliphatic hydroxyl groups is 2. The second kappa shape index (κ2) is 5.75. The van der Waals surface area contributed by atoms with Crippen LogP contribution < -0.4 is 0 Å². The maximum atomic E-state index is 11.6. The minimum atomic E-state index is -1.63. The van der Waals surface area contributed by atoms with E-state index in [2.05, 4.69) is 4.74 Å². The van der Waals surface area contributed by atoms with Crippen molar-refractivity contribution < 1.29 is 19.7 Å². The molecule has 0 spiro atoms. The summed E-state index contributed by atoms with van der Waals surface area (Å²) in [7, 11) is 1.18. The lowest BCUT2D eigenvalue weighted by Crippen LogP contribution is -2.29. The smallest absolute Gasteiger partial charge is 0.337 e. The molecule has 0 heterocycles. The van der Waals surface area contributed by atoms with Crippen molar-refractivity contribution in [2.45, 2.75) is 12.2 Å². The number of hydrogen-bond donors (Lipinski definition) is 2. The first kappa shape index (κ1) is 14.5. The summed E-state index contributed by atoms with van der Waals surface area (Å²) in [5.74, 6) is -0.857. The van der Waals surface area contributed by atoms with E-state index < -0.39 is 18.2 Å². The van der Waals surface area contributed by atoms with Crippen molar-refractivity contribution in [1.82, 2.24) is 0 Å². The van der Waals surface area contributed by atoms with Crippen molar-refractivity contribution in [2.24, 2.45) is 0 Å². The van der Waals surface area contributed by atoms with Crippen LogP contribution in [-0.4, -0.2) is 29.4 Å². The highest BCUT2D eigenvalue weighted by Crippen LogP contribution is 2.34. The second-order valence-corrected chi connectivity index (χ2v) is 5.15. The predicted molar refractivity (Wildman–Crippen MR) is 84.4 cm³/mol. The van der Waals surface area contributed by atoms with Crippen molar-refractivity contribution in [1.29, 1.82) is 0 Å². The fraction of sp³-hybridized carbons (Fsp3) is 0.167. The van der Waals surface area contributed by atoms with E-state index in [0.717, 1.165) is 21.5 Å². The van der Waals surface area contributed by atoms with Gasteiger partial charge < -0.3 is 14.9 Å². The summed E-state index contributed by atoms with van der Waals surface area (Å²) in [4.78, 5) is 11.6. The molecule has 3 aromatic rings. The Kier molecular flexibility index (Phi) is 3.79. The number of benzene rings is 3. The first-order chi connectivity index (χ1) is 10.6. The molecule has 4 heteroatoms. The Balaban J connectivity index is 2.30. The molecule has 0 radical (unpaired) electrons. The molecule has 2 N–H and O–H groups in total. The van der Waals surface area contributed by atoms with Crippen LogP contribution in [0.3, 0.4) is 0 Å². The maximum absolute atomic E-state index is 11.6. The molecule has 3 aromatic carbocycles. The average molecular weight is 296 g/mol. The predicted octanol–water partition coefficient (Wildman–Crippen LogP) is 2.56. The lowest BCUT2D eigenvalue weighted by molar-refractivity contribution is -0.156. The Morgan fingerprint density at radius 1 is 0.955 bits per heavy atom. The molecule has 0 saturated heterocycles. The van der Waals surface area contributed by atoms with Gasteiger partial charge in [0, 0.05) is 0 Å². The summed E-state index contributed by atoms with van der Waals surface area (Å²) < 4.78 is 4.53. The standard InChI is InChI=1S/C18H16O4/c1-22-18(21)17(20)16(19)15-13-8-4-2-6-11(13)10-12-7-3-5-9-14(12)15/h2-10,16-17,19-20H,1H3. The van der Waals surface area contributed by atoms with E-state index in [1.807, 2.05) is 54.6 Å². The van der Waals surface area contributed by atoms with Gasteiger partial charge in [-0.3, -0.25) is 0 Å². The number of carbonyl (C=O) groups is 1. The zero-order chi connectivity index (χ0) is 15.7. The quantitative estimate of drug-likeness (QED) is 0.576. The third kappa shape index (κ3) is 2.32. The minimum absolute atomic E-state index is 0.534. The van der Waals surface area contributed by atoms with E-state index in [0.29, 0.717) is 5.56 Å². The number of aliphatic hydroxyl groups excluding tert-OH is 2. The molecule has 22 heavy (non-hydrogen) atoms. The van der Waals surface area contributed by atoms with E-state index in [-0.39, 0.29) is 0 Å². The molecule has 0 amide bonds. The molecular weight excluding hydrogens is 280 g/mol. The van der Waals surface area contributed by atoms with Crippen LogP contribution in [0.5, 0.6) is 0 Å². The number of methoxy groups -OCH3 is 1. The Morgan fingerprint density at radius 3 is 1.95 bits per heavy atom. The second-order valence-electron chi connectivity index (χ2n) is 5.15. The van der Waals surface area contributed by atoms with Crippen LogP contribution in [0.1, 0.15) is 11.7 Å². The molecule has 0 aliphatic rings. The summed E-state index contributed by atoms with van der Waals surface area (Å²) in [6, 6.07) is 17.1. The van der Waals surface area contributed by atoms with Crippen molar-refractivity contribution in [3.63, 3.8) is 0 Å². The lowest BCUT2D eigenvalue weighted by atomic mass is 9.91. The van der Waals surface area contributed by atoms with Crippen molar-refractivity contribution in [3.8, 4) is 0 Å².